The van der Waals surface area contributed by atoms with E-state index in [1.54, 1.807) is 4.90 Å². The Bertz CT molecular complexity index is 281. The van der Waals surface area contributed by atoms with E-state index in [2.05, 4.69) is 0 Å². The summed E-state index contributed by atoms with van der Waals surface area (Å²) < 4.78 is 0. The molecule has 0 aromatic rings. The van der Waals surface area contributed by atoms with Gasteiger partial charge in [0.1, 0.15) is 0 Å². The summed E-state index contributed by atoms with van der Waals surface area (Å²) >= 11 is 0. The Labute approximate surface area is 102 Å². The molecule has 1 fully saturated rings. The number of carboxylic acids is 1. The first-order valence-corrected chi connectivity index (χ1v) is 6.30. The van der Waals surface area contributed by atoms with E-state index in [9.17, 15) is 9.59 Å². The number of aliphatic carboxylic acids is 1. The highest BCUT2D eigenvalue weighted by Crippen LogP contribution is 2.21. The van der Waals surface area contributed by atoms with Crippen LogP contribution in [0.25, 0.3) is 0 Å². The van der Waals surface area contributed by atoms with Crippen molar-refractivity contribution in [3.63, 3.8) is 0 Å². The van der Waals surface area contributed by atoms with Crippen LogP contribution in [0.2, 0.25) is 0 Å². The number of carbonyl (C=O) groups is 2. The maximum absolute atomic E-state index is 11.9. The molecule has 0 aromatic carbocycles. The molecule has 3 N–H and O–H groups in total. The number of nitrogens with zero attached hydrogens (tertiary/aromatic N) is 1. The van der Waals surface area contributed by atoms with Gasteiger partial charge >= 0.3 is 5.97 Å². The van der Waals surface area contributed by atoms with E-state index < -0.39 is 12.0 Å². The summed E-state index contributed by atoms with van der Waals surface area (Å²) in [5.41, 5.74) is 5.79. The van der Waals surface area contributed by atoms with E-state index >= 15 is 0 Å². The van der Waals surface area contributed by atoms with E-state index in [0.29, 0.717) is 18.9 Å². The summed E-state index contributed by atoms with van der Waals surface area (Å²) in [5.74, 6) is -0.425. The van der Waals surface area contributed by atoms with Crippen LogP contribution in [0.5, 0.6) is 0 Å². The largest absolute Gasteiger partial charge is 0.481 e. The Balaban J connectivity index is 2.34. The van der Waals surface area contributed by atoms with Crippen LogP contribution in [0.3, 0.4) is 0 Å². The molecule has 1 aliphatic rings. The fraction of sp³-hybridized carbons (Fsp3) is 0.833. The highest BCUT2D eigenvalue weighted by molar-refractivity contribution is 5.81. The van der Waals surface area contributed by atoms with Crippen molar-refractivity contribution >= 4 is 11.9 Å². The molecule has 0 spiro atoms. The molecule has 1 rings (SSSR count). The molecule has 0 saturated carbocycles. The highest BCUT2D eigenvalue weighted by Gasteiger charge is 2.28. The molecule has 0 aromatic heterocycles. The van der Waals surface area contributed by atoms with Gasteiger partial charge in [-0.3, -0.25) is 9.59 Å². The first kappa shape index (κ1) is 14.0. The van der Waals surface area contributed by atoms with Crippen LogP contribution in [0.1, 0.15) is 39.0 Å². The molecule has 5 heteroatoms. The Hall–Kier alpha value is -1.10. The molecule has 2 atom stereocenters. The van der Waals surface area contributed by atoms with Gasteiger partial charge in [-0.05, 0) is 25.2 Å². The minimum Gasteiger partial charge on any atom is -0.481 e. The van der Waals surface area contributed by atoms with Crippen molar-refractivity contribution in [1.82, 2.24) is 4.90 Å². The van der Waals surface area contributed by atoms with E-state index in [4.69, 9.17) is 10.8 Å². The summed E-state index contributed by atoms with van der Waals surface area (Å²) in [7, 11) is 0. The second-order valence-electron chi connectivity index (χ2n) is 4.77. The molecule has 0 aliphatic carbocycles. The van der Waals surface area contributed by atoms with Crippen molar-refractivity contribution in [3.05, 3.63) is 0 Å². The summed E-state index contributed by atoms with van der Waals surface area (Å²) in [6, 6.07) is -0.391. The predicted octanol–water partition coefficient (Wildman–Crippen LogP) is 0.827. The lowest BCUT2D eigenvalue weighted by Crippen LogP contribution is -2.42. The van der Waals surface area contributed by atoms with Gasteiger partial charge in [0.25, 0.3) is 0 Å². The van der Waals surface area contributed by atoms with E-state index in [1.807, 2.05) is 6.92 Å². The lowest BCUT2D eigenvalue weighted by Gasteiger charge is -2.20. The number of rotatable bonds is 6. The standard InChI is InChI=1S/C12H22N2O3/c1-2-3-10(13)12(17)14-7-6-9(8-14)4-5-11(15)16/h9-10H,2-8,13H2,1H3,(H,15,16). The molecular formula is C12H22N2O3. The van der Waals surface area contributed by atoms with Crippen molar-refractivity contribution < 1.29 is 14.7 Å². The fourth-order valence-corrected chi connectivity index (χ4v) is 2.27. The van der Waals surface area contributed by atoms with Crippen molar-refractivity contribution in [1.29, 1.82) is 0 Å². The maximum atomic E-state index is 11.9. The van der Waals surface area contributed by atoms with Crippen LogP contribution >= 0.6 is 0 Å². The molecule has 5 nitrogen and oxygen atoms in total. The number of nitrogens with two attached hydrogens (primary N) is 1. The molecule has 2 unspecified atom stereocenters. The lowest BCUT2D eigenvalue weighted by molar-refractivity contribution is -0.137. The van der Waals surface area contributed by atoms with Crippen molar-refractivity contribution in [2.75, 3.05) is 13.1 Å². The van der Waals surface area contributed by atoms with Crippen LogP contribution in [-0.4, -0.2) is 41.0 Å². The first-order valence-electron chi connectivity index (χ1n) is 6.30. The third-order valence-corrected chi connectivity index (χ3v) is 3.28. The predicted molar refractivity (Wildman–Crippen MR) is 64.4 cm³/mol. The van der Waals surface area contributed by atoms with Crippen LogP contribution in [0.15, 0.2) is 0 Å². The van der Waals surface area contributed by atoms with Gasteiger partial charge in [0.15, 0.2) is 0 Å². The Morgan fingerprint density at radius 1 is 1.53 bits per heavy atom. The second-order valence-corrected chi connectivity index (χ2v) is 4.77. The van der Waals surface area contributed by atoms with Gasteiger partial charge in [-0.1, -0.05) is 13.3 Å². The molecule has 0 radical (unpaired) electrons. The molecular weight excluding hydrogens is 220 g/mol. The van der Waals surface area contributed by atoms with Crippen molar-refractivity contribution in [2.45, 2.75) is 45.1 Å². The number of hydrogen-bond acceptors (Lipinski definition) is 3. The van der Waals surface area contributed by atoms with Crippen LogP contribution in [0, 0.1) is 5.92 Å². The van der Waals surface area contributed by atoms with Gasteiger partial charge in [0.2, 0.25) is 5.91 Å². The number of carbonyl (C=O) groups excluding carboxylic acids is 1. The van der Waals surface area contributed by atoms with Crippen LogP contribution in [0.4, 0.5) is 0 Å². The van der Waals surface area contributed by atoms with Crippen LogP contribution in [-0.2, 0) is 9.59 Å². The number of hydrogen-bond donors (Lipinski definition) is 2. The van der Waals surface area contributed by atoms with Gasteiger partial charge in [-0.25, -0.2) is 0 Å². The molecule has 1 heterocycles. The molecule has 98 valence electrons. The Morgan fingerprint density at radius 3 is 2.82 bits per heavy atom. The van der Waals surface area contributed by atoms with E-state index in [1.165, 1.54) is 0 Å². The first-order chi connectivity index (χ1) is 8.04. The number of amides is 1. The minimum atomic E-state index is -0.766. The van der Waals surface area contributed by atoms with Gasteiger partial charge in [-0.2, -0.15) is 0 Å². The third kappa shape index (κ3) is 4.34. The zero-order chi connectivity index (χ0) is 12.8. The highest BCUT2D eigenvalue weighted by atomic mass is 16.4. The minimum absolute atomic E-state index is 0.0182. The van der Waals surface area contributed by atoms with Gasteiger partial charge in [0, 0.05) is 19.5 Å². The van der Waals surface area contributed by atoms with E-state index in [-0.39, 0.29) is 12.3 Å². The summed E-state index contributed by atoms with van der Waals surface area (Å²) in [6.07, 6.45) is 3.37. The average Bonchev–Trinajstić information content (AvgIpc) is 2.74. The number of carboxylic acid groups (broad SMARTS) is 1. The Kier molecular flexibility index (Phi) is 5.41. The zero-order valence-corrected chi connectivity index (χ0v) is 10.4. The van der Waals surface area contributed by atoms with Gasteiger partial charge in [-0.15, -0.1) is 0 Å². The van der Waals surface area contributed by atoms with Crippen LogP contribution < -0.4 is 5.73 Å². The van der Waals surface area contributed by atoms with E-state index in [0.717, 1.165) is 25.8 Å². The molecule has 1 aliphatic heterocycles. The fourth-order valence-electron chi connectivity index (χ4n) is 2.27. The maximum Gasteiger partial charge on any atom is 0.303 e. The van der Waals surface area contributed by atoms with Gasteiger partial charge < -0.3 is 15.7 Å². The second kappa shape index (κ2) is 6.59. The lowest BCUT2D eigenvalue weighted by atomic mass is 10.0. The molecule has 0 bridgehead atoms. The molecule has 17 heavy (non-hydrogen) atoms. The third-order valence-electron chi connectivity index (χ3n) is 3.28. The normalized spacial score (nSPS) is 21.5. The number of likely N-dealkylation sites (tertiary alicyclic amines) is 1. The zero-order valence-electron chi connectivity index (χ0n) is 10.4. The Morgan fingerprint density at radius 2 is 2.24 bits per heavy atom. The molecule has 1 amide bonds. The van der Waals surface area contributed by atoms with Gasteiger partial charge in [0.05, 0.1) is 6.04 Å². The smallest absolute Gasteiger partial charge is 0.303 e. The molecule has 1 saturated heterocycles. The topological polar surface area (TPSA) is 83.6 Å². The quantitative estimate of drug-likeness (QED) is 0.722. The summed E-state index contributed by atoms with van der Waals surface area (Å²) in [4.78, 5) is 24.2. The summed E-state index contributed by atoms with van der Waals surface area (Å²) in [5, 5.41) is 8.61. The van der Waals surface area contributed by atoms with Crippen molar-refractivity contribution in [2.24, 2.45) is 11.7 Å². The van der Waals surface area contributed by atoms with Crippen molar-refractivity contribution in [3.8, 4) is 0 Å². The SMILES string of the molecule is CCCC(N)C(=O)N1CCC(CCC(=O)O)C1. The monoisotopic (exact) mass is 242 g/mol. The average molecular weight is 242 g/mol. The summed E-state index contributed by atoms with van der Waals surface area (Å²) in [6.45, 7) is 3.40.